The van der Waals surface area contributed by atoms with Gasteiger partial charge in [-0.15, -0.1) is 0 Å². The van der Waals surface area contributed by atoms with Gasteiger partial charge in [0.15, 0.2) is 9.84 Å². The Balaban J connectivity index is 2.38. The lowest BCUT2D eigenvalue weighted by molar-refractivity contribution is 0.611. The van der Waals surface area contributed by atoms with Crippen molar-refractivity contribution in [2.24, 2.45) is 0 Å². The van der Waals surface area contributed by atoms with Crippen molar-refractivity contribution < 1.29 is 8.42 Å². The van der Waals surface area contributed by atoms with Crippen molar-refractivity contribution >= 4 is 9.84 Å². The fourth-order valence-corrected chi connectivity index (χ4v) is 3.26. The number of hydrogen-bond donors (Lipinski definition) is 0. The molecule has 2 nitrogen and oxygen atoms in total. The van der Waals surface area contributed by atoms with Gasteiger partial charge in [-0.05, 0) is 12.5 Å². The molecule has 12 heavy (non-hydrogen) atoms. The SMILES string of the molecule is C[C@H]1[C@@H](c2ccccc2)S1(=O)=O. The van der Waals surface area contributed by atoms with Crippen LogP contribution in [0.3, 0.4) is 0 Å². The minimum Gasteiger partial charge on any atom is -0.228 e. The third kappa shape index (κ3) is 0.966. The van der Waals surface area contributed by atoms with Crippen molar-refractivity contribution in [2.45, 2.75) is 17.4 Å². The second kappa shape index (κ2) is 2.33. The molecule has 1 aromatic carbocycles. The van der Waals surface area contributed by atoms with Crippen molar-refractivity contribution in [1.29, 1.82) is 0 Å². The van der Waals surface area contributed by atoms with Crippen molar-refractivity contribution in [2.75, 3.05) is 0 Å². The highest BCUT2D eigenvalue weighted by molar-refractivity contribution is 7.99. The monoisotopic (exact) mass is 182 g/mol. The first-order valence-corrected chi connectivity index (χ1v) is 5.52. The summed E-state index contributed by atoms with van der Waals surface area (Å²) >= 11 is 0. The first-order valence-electron chi connectivity index (χ1n) is 3.91. The maximum Gasteiger partial charge on any atom is 0.162 e. The summed E-state index contributed by atoms with van der Waals surface area (Å²) in [5, 5.41) is -0.418. The molecule has 1 aliphatic heterocycles. The molecule has 0 bridgehead atoms. The Kier molecular flexibility index (Phi) is 1.51. The van der Waals surface area contributed by atoms with Crippen LogP contribution in [0, 0.1) is 0 Å². The number of benzene rings is 1. The lowest BCUT2D eigenvalue weighted by Crippen LogP contribution is -1.81. The Morgan fingerprint density at radius 1 is 1.17 bits per heavy atom. The molecule has 0 unspecified atom stereocenters. The molecular weight excluding hydrogens is 172 g/mol. The molecule has 2 rings (SSSR count). The fraction of sp³-hybridized carbons (Fsp3) is 0.333. The first-order chi connectivity index (χ1) is 5.64. The second-order valence-corrected chi connectivity index (χ2v) is 5.55. The summed E-state index contributed by atoms with van der Waals surface area (Å²) in [4.78, 5) is 0. The number of sulfone groups is 1. The van der Waals surface area contributed by atoms with Crippen molar-refractivity contribution in [3.63, 3.8) is 0 Å². The highest BCUT2D eigenvalue weighted by atomic mass is 32.2. The van der Waals surface area contributed by atoms with Crippen LogP contribution in [0.1, 0.15) is 17.7 Å². The largest absolute Gasteiger partial charge is 0.228 e. The summed E-state index contributed by atoms with van der Waals surface area (Å²) in [6.07, 6.45) is 0. The zero-order valence-corrected chi connectivity index (χ0v) is 7.58. The van der Waals surface area contributed by atoms with Gasteiger partial charge in [-0.2, -0.15) is 0 Å². The minimum absolute atomic E-state index is 0.181. The Bertz CT molecular complexity index is 380. The molecule has 0 aliphatic carbocycles. The first kappa shape index (κ1) is 7.80. The van der Waals surface area contributed by atoms with Gasteiger partial charge in [0.05, 0.1) is 5.25 Å². The minimum atomic E-state index is -2.79. The van der Waals surface area contributed by atoms with E-state index in [9.17, 15) is 8.42 Å². The van der Waals surface area contributed by atoms with Crippen LogP contribution in [-0.4, -0.2) is 13.7 Å². The lowest BCUT2D eigenvalue weighted by atomic mass is 10.1. The fourth-order valence-electron chi connectivity index (χ4n) is 1.50. The zero-order chi connectivity index (χ0) is 8.77. The zero-order valence-electron chi connectivity index (χ0n) is 6.77. The summed E-state index contributed by atoms with van der Waals surface area (Å²) in [6, 6.07) is 9.37. The normalized spacial score (nSPS) is 31.4. The van der Waals surface area contributed by atoms with Crippen molar-refractivity contribution in [3.8, 4) is 0 Å². The van der Waals surface area contributed by atoms with E-state index in [0.29, 0.717) is 0 Å². The third-order valence-corrected chi connectivity index (χ3v) is 4.73. The van der Waals surface area contributed by atoms with Gasteiger partial charge >= 0.3 is 0 Å². The molecular formula is C9H10O2S. The van der Waals surface area contributed by atoms with Crippen molar-refractivity contribution in [1.82, 2.24) is 0 Å². The van der Waals surface area contributed by atoms with Crippen LogP contribution in [0.4, 0.5) is 0 Å². The highest BCUT2D eigenvalue weighted by Crippen LogP contribution is 2.46. The van der Waals surface area contributed by atoms with Gasteiger partial charge in [-0.1, -0.05) is 30.3 Å². The van der Waals surface area contributed by atoms with Gasteiger partial charge in [-0.25, -0.2) is 8.42 Å². The van der Waals surface area contributed by atoms with Crippen LogP contribution in [0.5, 0.6) is 0 Å². The van der Waals surface area contributed by atoms with E-state index < -0.39 is 9.84 Å². The molecule has 1 saturated heterocycles. The highest BCUT2D eigenvalue weighted by Gasteiger charge is 2.54. The second-order valence-electron chi connectivity index (χ2n) is 3.13. The van der Waals surface area contributed by atoms with Crippen LogP contribution in [0.2, 0.25) is 0 Å². The summed E-state index contributed by atoms with van der Waals surface area (Å²) in [5.74, 6) is 0. The van der Waals surface area contributed by atoms with E-state index in [1.54, 1.807) is 6.92 Å². The molecule has 1 aliphatic rings. The maximum atomic E-state index is 11.2. The van der Waals surface area contributed by atoms with E-state index in [1.807, 2.05) is 30.3 Å². The van der Waals surface area contributed by atoms with Gasteiger partial charge < -0.3 is 0 Å². The topological polar surface area (TPSA) is 34.1 Å². The third-order valence-electron chi connectivity index (χ3n) is 2.35. The molecule has 1 heterocycles. The molecule has 1 fully saturated rings. The van der Waals surface area contributed by atoms with Crippen LogP contribution >= 0.6 is 0 Å². The molecule has 3 heteroatoms. The summed E-state index contributed by atoms with van der Waals surface area (Å²) < 4.78 is 22.4. The van der Waals surface area contributed by atoms with Crippen LogP contribution in [0.15, 0.2) is 30.3 Å². The number of rotatable bonds is 1. The van der Waals surface area contributed by atoms with E-state index in [0.717, 1.165) is 5.56 Å². The summed E-state index contributed by atoms with van der Waals surface area (Å²) in [6.45, 7) is 1.76. The molecule has 0 radical (unpaired) electrons. The van der Waals surface area contributed by atoms with Crippen LogP contribution < -0.4 is 0 Å². The van der Waals surface area contributed by atoms with Crippen LogP contribution in [0.25, 0.3) is 0 Å². The molecule has 0 spiro atoms. The molecule has 1 aromatic rings. The molecule has 0 aromatic heterocycles. The Morgan fingerprint density at radius 3 is 2.08 bits per heavy atom. The quantitative estimate of drug-likeness (QED) is 0.617. The van der Waals surface area contributed by atoms with E-state index >= 15 is 0 Å². The van der Waals surface area contributed by atoms with Gasteiger partial charge in [0.25, 0.3) is 0 Å². The predicted octanol–water partition coefficient (Wildman–Crippen LogP) is 1.54. The van der Waals surface area contributed by atoms with Gasteiger partial charge in [0, 0.05) is 0 Å². The maximum absolute atomic E-state index is 11.2. The van der Waals surface area contributed by atoms with Gasteiger partial charge in [0.1, 0.15) is 5.25 Å². The molecule has 0 amide bonds. The molecule has 64 valence electrons. The molecule has 2 atom stereocenters. The van der Waals surface area contributed by atoms with Gasteiger partial charge in [-0.3, -0.25) is 0 Å². The summed E-state index contributed by atoms with van der Waals surface area (Å²) in [7, 11) is -2.79. The molecule has 0 saturated carbocycles. The van der Waals surface area contributed by atoms with Gasteiger partial charge in [0.2, 0.25) is 0 Å². The van der Waals surface area contributed by atoms with E-state index in [-0.39, 0.29) is 10.5 Å². The van der Waals surface area contributed by atoms with E-state index in [1.165, 1.54) is 0 Å². The summed E-state index contributed by atoms with van der Waals surface area (Å²) in [5.41, 5.74) is 0.921. The number of hydrogen-bond acceptors (Lipinski definition) is 2. The molecule has 0 N–H and O–H groups in total. The Hall–Kier alpha value is -0.830. The average molecular weight is 182 g/mol. The van der Waals surface area contributed by atoms with E-state index in [4.69, 9.17) is 0 Å². The van der Waals surface area contributed by atoms with E-state index in [2.05, 4.69) is 0 Å². The van der Waals surface area contributed by atoms with Crippen LogP contribution in [-0.2, 0) is 9.84 Å². The average Bonchev–Trinajstić information content (AvgIpc) is 2.53. The Morgan fingerprint density at radius 2 is 1.67 bits per heavy atom. The predicted molar refractivity (Wildman–Crippen MR) is 47.6 cm³/mol. The standard InChI is InChI=1S/C9H10O2S/c1-7-9(12(7,10)11)8-5-3-2-4-6-8/h2-7,9H,1H3/t7-,9-/m0/s1. The smallest absolute Gasteiger partial charge is 0.162 e. The van der Waals surface area contributed by atoms with Crippen molar-refractivity contribution in [3.05, 3.63) is 35.9 Å². The lowest BCUT2D eigenvalue weighted by Gasteiger charge is -1.91. The Labute approximate surface area is 72.1 Å².